The smallest absolute Gasteiger partial charge is 0.237 e. The van der Waals surface area contributed by atoms with Gasteiger partial charge in [0, 0.05) is 45.7 Å². The van der Waals surface area contributed by atoms with E-state index in [-0.39, 0.29) is 5.91 Å². The molecule has 3 rings (SSSR count). The van der Waals surface area contributed by atoms with Crippen LogP contribution < -0.4 is 0 Å². The Morgan fingerprint density at radius 2 is 1.81 bits per heavy atom. The van der Waals surface area contributed by atoms with E-state index in [1.165, 1.54) is 25.7 Å². The molecule has 0 radical (unpaired) electrons. The van der Waals surface area contributed by atoms with Gasteiger partial charge in [0.2, 0.25) is 11.8 Å². The molecule has 118 valence electrons. The molecule has 1 unspecified atom stereocenters. The van der Waals surface area contributed by atoms with Crippen LogP contribution in [0.15, 0.2) is 0 Å². The molecule has 2 saturated heterocycles. The Hall–Kier alpha value is -1.10. The number of hydrogen-bond donors (Lipinski definition) is 0. The Morgan fingerprint density at radius 3 is 2.48 bits per heavy atom. The standard InChI is InChI=1S/C16H27N3O2/c1-17-10-13(6-7-15(17)20)11-18-8-9-19(16(21)12-18)14-4-2-3-5-14/h13-14H,2-12H2,1H3. The summed E-state index contributed by atoms with van der Waals surface area (Å²) in [5.41, 5.74) is 0. The number of hydrogen-bond acceptors (Lipinski definition) is 3. The molecule has 1 aliphatic carbocycles. The Kier molecular flexibility index (Phi) is 4.48. The van der Waals surface area contributed by atoms with Gasteiger partial charge in [0.25, 0.3) is 0 Å². The largest absolute Gasteiger partial charge is 0.345 e. The molecule has 0 N–H and O–H groups in total. The number of rotatable bonds is 3. The van der Waals surface area contributed by atoms with Gasteiger partial charge in [0.05, 0.1) is 6.54 Å². The molecule has 0 aromatic heterocycles. The van der Waals surface area contributed by atoms with Crippen molar-refractivity contribution in [1.29, 1.82) is 0 Å². The summed E-state index contributed by atoms with van der Waals surface area (Å²) in [6.07, 6.45) is 6.58. The third-order valence-electron chi connectivity index (χ3n) is 5.34. The van der Waals surface area contributed by atoms with Crippen LogP contribution in [0.2, 0.25) is 0 Å². The van der Waals surface area contributed by atoms with Crippen molar-refractivity contribution in [2.24, 2.45) is 5.92 Å². The lowest BCUT2D eigenvalue weighted by Gasteiger charge is -2.40. The maximum absolute atomic E-state index is 12.4. The predicted octanol–water partition coefficient (Wildman–Crippen LogP) is 0.942. The number of carbonyl (C=O) groups excluding carboxylic acids is 2. The van der Waals surface area contributed by atoms with E-state index >= 15 is 0 Å². The molecule has 5 nitrogen and oxygen atoms in total. The second kappa shape index (κ2) is 6.34. The number of carbonyl (C=O) groups is 2. The van der Waals surface area contributed by atoms with Gasteiger partial charge in [-0.3, -0.25) is 14.5 Å². The third-order valence-corrected chi connectivity index (χ3v) is 5.34. The predicted molar refractivity (Wildman–Crippen MR) is 80.8 cm³/mol. The molecule has 5 heteroatoms. The number of likely N-dealkylation sites (tertiary alicyclic amines) is 1. The maximum Gasteiger partial charge on any atom is 0.237 e. The van der Waals surface area contributed by atoms with Crippen molar-refractivity contribution >= 4 is 11.8 Å². The first-order valence-corrected chi connectivity index (χ1v) is 8.39. The minimum Gasteiger partial charge on any atom is -0.345 e. The second-order valence-electron chi connectivity index (χ2n) is 6.94. The van der Waals surface area contributed by atoms with Gasteiger partial charge in [0.1, 0.15) is 0 Å². The van der Waals surface area contributed by atoms with Crippen molar-refractivity contribution in [3.05, 3.63) is 0 Å². The topological polar surface area (TPSA) is 43.9 Å². The highest BCUT2D eigenvalue weighted by Crippen LogP contribution is 2.25. The Morgan fingerprint density at radius 1 is 1.05 bits per heavy atom. The number of amides is 2. The van der Waals surface area contributed by atoms with Crippen LogP contribution in [-0.4, -0.2) is 72.3 Å². The van der Waals surface area contributed by atoms with Crippen LogP contribution in [-0.2, 0) is 9.59 Å². The van der Waals surface area contributed by atoms with Crippen molar-refractivity contribution in [2.45, 2.75) is 44.6 Å². The quantitative estimate of drug-likeness (QED) is 0.778. The van der Waals surface area contributed by atoms with E-state index in [4.69, 9.17) is 0 Å². The van der Waals surface area contributed by atoms with Crippen LogP contribution >= 0.6 is 0 Å². The summed E-state index contributed by atoms with van der Waals surface area (Å²) in [7, 11) is 1.89. The van der Waals surface area contributed by atoms with Crippen LogP contribution in [0.4, 0.5) is 0 Å². The van der Waals surface area contributed by atoms with Crippen molar-refractivity contribution in [2.75, 3.05) is 39.8 Å². The van der Waals surface area contributed by atoms with Gasteiger partial charge in [-0.05, 0) is 25.2 Å². The first kappa shape index (κ1) is 14.8. The molecule has 1 atom stereocenters. The molecule has 1 saturated carbocycles. The van der Waals surface area contributed by atoms with Crippen LogP contribution in [0.3, 0.4) is 0 Å². The Bertz CT molecular complexity index is 406. The average molecular weight is 293 g/mol. The number of nitrogens with zero attached hydrogens (tertiary/aromatic N) is 3. The first-order chi connectivity index (χ1) is 10.1. The molecule has 0 spiro atoms. The Labute approximate surface area is 127 Å². The molecule has 3 aliphatic rings. The monoisotopic (exact) mass is 293 g/mol. The van der Waals surface area contributed by atoms with Gasteiger partial charge in [-0.2, -0.15) is 0 Å². The highest BCUT2D eigenvalue weighted by Gasteiger charge is 2.32. The van der Waals surface area contributed by atoms with Crippen molar-refractivity contribution in [3.63, 3.8) is 0 Å². The van der Waals surface area contributed by atoms with Crippen LogP contribution in [0.25, 0.3) is 0 Å². The molecule has 0 bridgehead atoms. The minimum absolute atomic E-state index is 0.258. The van der Waals surface area contributed by atoms with Gasteiger partial charge in [-0.15, -0.1) is 0 Å². The number of piperazine rings is 1. The molecule has 3 fully saturated rings. The molecule has 2 amide bonds. The fourth-order valence-electron chi connectivity index (χ4n) is 4.11. The lowest BCUT2D eigenvalue weighted by atomic mass is 9.97. The van der Waals surface area contributed by atoms with E-state index in [1.807, 2.05) is 11.9 Å². The van der Waals surface area contributed by atoms with Crippen molar-refractivity contribution in [3.8, 4) is 0 Å². The Balaban J connectivity index is 1.48. The lowest BCUT2D eigenvalue weighted by molar-refractivity contribution is -0.140. The minimum atomic E-state index is 0.258. The zero-order chi connectivity index (χ0) is 14.8. The number of piperidine rings is 1. The summed E-state index contributed by atoms with van der Waals surface area (Å²) < 4.78 is 0. The summed E-state index contributed by atoms with van der Waals surface area (Å²) >= 11 is 0. The van der Waals surface area contributed by atoms with Gasteiger partial charge in [0.15, 0.2) is 0 Å². The summed E-state index contributed by atoms with van der Waals surface area (Å²) in [5, 5.41) is 0. The van der Waals surface area contributed by atoms with Crippen molar-refractivity contribution in [1.82, 2.24) is 14.7 Å². The maximum atomic E-state index is 12.4. The third kappa shape index (κ3) is 3.39. The molecule has 2 aliphatic heterocycles. The van der Waals surface area contributed by atoms with Crippen molar-refractivity contribution < 1.29 is 9.59 Å². The van der Waals surface area contributed by atoms with E-state index in [2.05, 4.69) is 9.80 Å². The molecule has 21 heavy (non-hydrogen) atoms. The van der Waals surface area contributed by atoms with Gasteiger partial charge < -0.3 is 9.80 Å². The average Bonchev–Trinajstić information content (AvgIpc) is 2.97. The van der Waals surface area contributed by atoms with Gasteiger partial charge >= 0.3 is 0 Å². The summed E-state index contributed by atoms with van der Waals surface area (Å²) in [4.78, 5) is 30.2. The van der Waals surface area contributed by atoms with Gasteiger partial charge in [-0.1, -0.05) is 12.8 Å². The van der Waals surface area contributed by atoms with Crippen LogP contribution in [0, 0.1) is 5.92 Å². The van der Waals surface area contributed by atoms with Crippen LogP contribution in [0.1, 0.15) is 38.5 Å². The molecular formula is C16H27N3O2. The molecule has 0 aromatic carbocycles. The summed E-state index contributed by atoms with van der Waals surface area (Å²) in [6, 6.07) is 0.512. The van der Waals surface area contributed by atoms with Gasteiger partial charge in [-0.25, -0.2) is 0 Å². The first-order valence-electron chi connectivity index (χ1n) is 8.39. The summed E-state index contributed by atoms with van der Waals surface area (Å²) in [5.74, 6) is 1.10. The summed E-state index contributed by atoms with van der Waals surface area (Å²) in [6.45, 7) is 4.27. The highest BCUT2D eigenvalue weighted by molar-refractivity contribution is 5.79. The fourth-order valence-corrected chi connectivity index (χ4v) is 4.11. The van der Waals surface area contributed by atoms with E-state index < -0.39 is 0 Å². The lowest BCUT2D eigenvalue weighted by Crippen LogP contribution is -2.55. The zero-order valence-electron chi connectivity index (χ0n) is 13.1. The highest BCUT2D eigenvalue weighted by atomic mass is 16.2. The second-order valence-corrected chi connectivity index (χ2v) is 6.94. The van der Waals surface area contributed by atoms with E-state index in [0.717, 1.165) is 32.6 Å². The fraction of sp³-hybridized carbons (Fsp3) is 0.875. The molecular weight excluding hydrogens is 266 g/mol. The van der Waals surface area contributed by atoms with E-state index in [9.17, 15) is 9.59 Å². The normalized spacial score (nSPS) is 29.5. The van der Waals surface area contributed by atoms with E-state index in [1.54, 1.807) is 0 Å². The zero-order valence-corrected chi connectivity index (χ0v) is 13.1. The van der Waals surface area contributed by atoms with E-state index in [0.29, 0.717) is 30.8 Å². The SMILES string of the molecule is CN1CC(CN2CCN(C3CCCC3)C(=O)C2)CCC1=O. The molecule has 0 aromatic rings. The molecule has 2 heterocycles. The van der Waals surface area contributed by atoms with Crippen LogP contribution in [0.5, 0.6) is 0 Å².